The van der Waals surface area contributed by atoms with E-state index < -0.39 is 10.0 Å². The Balaban J connectivity index is 1.68. The van der Waals surface area contributed by atoms with Gasteiger partial charge in [0, 0.05) is 24.5 Å². The van der Waals surface area contributed by atoms with Gasteiger partial charge in [-0.2, -0.15) is 0 Å². The summed E-state index contributed by atoms with van der Waals surface area (Å²) < 4.78 is 27.4. The highest BCUT2D eigenvalue weighted by atomic mass is 32.2. The first kappa shape index (κ1) is 25.5. The zero-order chi connectivity index (χ0) is 24.6. The van der Waals surface area contributed by atoms with Gasteiger partial charge in [0.2, 0.25) is 10.0 Å². The van der Waals surface area contributed by atoms with Gasteiger partial charge in [-0.25, -0.2) is 17.9 Å². The zero-order valence-corrected chi connectivity index (χ0v) is 20.7. The topological polar surface area (TPSA) is 87.3 Å². The minimum atomic E-state index is -3.46. The summed E-state index contributed by atoms with van der Waals surface area (Å²) in [6.45, 7) is 5.79. The van der Waals surface area contributed by atoms with Crippen molar-refractivity contribution in [3.8, 4) is 0 Å². The van der Waals surface area contributed by atoms with Crippen molar-refractivity contribution in [1.82, 2.24) is 15.4 Å². The molecular weight excluding hydrogens is 446 g/mol. The molecule has 3 rings (SSSR count). The molecule has 0 saturated carbocycles. The van der Waals surface area contributed by atoms with Crippen molar-refractivity contribution in [3.05, 3.63) is 107 Å². The lowest BCUT2D eigenvalue weighted by Crippen LogP contribution is -2.43. The summed E-state index contributed by atoms with van der Waals surface area (Å²) in [5.41, 5.74) is 3.67. The number of carbonyl (C=O) groups is 1. The normalized spacial score (nSPS) is 12.5. The van der Waals surface area contributed by atoms with Gasteiger partial charge in [0.15, 0.2) is 0 Å². The van der Waals surface area contributed by atoms with Crippen LogP contribution in [0.1, 0.15) is 48.9 Å². The fourth-order valence-electron chi connectivity index (χ4n) is 4.08. The molecule has 0 aliphatic heterocycles. The van der Waals surface area contributed by atoms with Gasteiger partial charge in [0.05, 0.1) is 5.75 Å². The standard InChI is InChI=1S/C27H33N3O3S/c1-20(2)30-34(32,33)19-25-17-11-10-16-24(25)18-28-27(31)29-21(3)26(22-12-6-4-7-13-22)23-14-8-5-9-15-23/h4-17,20-21,26,30H,18-19H2,1-3H3,(H2,28,29,31). The Labute approximate surface area is 202 Å². The number of hydrogen-bond donors (Lipinski definition) is 3. The van der Waals surface area contributed by atoms with Crippen molar-refractivity contribution in [1.29, 1.82) is 0 Å². The highest BCUT2D eigenvalue weighted by Crippen LogP contribution is 2.27. The van der Waals surface area contributed by atoms with Crippen LogP contribution in [0.15, 0.2) is 84.9 Å². The average Bonchev–Trinajstić information content (AvgIpc) is 2.79. The first-order valence-corrected chi connectivity index (χ1v) is 13.1. The second-order valence-corrected chi connectivity index (χ2v) is 10.5. The number of carbonyl (C=O) groups excluding carboxylic acids is 1. The average molecular weight is 480 g/mol. The van der Waals surface area contributed by atoms with Crippen molar-refractivity contribution in [2.75, 3.05) is 0 Å². The van der Waals surface area contributed by atoms with Crippen molar-refractivity contribution >= 4 is 16.1 Å². The monoisotopic (exact) mass is 479 g/mol. The molecule has 2 amide bonds. The molecule has 0 saturated heterocycles. The van der Waals surface area contributed by atoms with Crippen molar-refractivity contribution in [2.24, 2.45) is 0 Å². The van der Waals surface area contributed by atoms with Crippen LogP contribution in [0.3, 0.4) is 0 Å². The molecule has 0 aromatic heterocycles. The predicted molar refractivity (Wildman–Crippen MR) is 137 cm³/mol. The fraction of sp³-hybridized carbons (Fsp3) is 0.296. The Morgan fingerprint density at radius 2 is 1.26 bits per heavy atom. The molecule has 3 aromatic carbocycles. The number of amides is 2. The van der Waals surface area contributed by atoms with Gasteiger partial charge in [-0.3, -0.25) is 0 Å². The summed E-state index contributed by atoms with van der Waals surface area (Å²) >= 11 is 0. The molecule has 3 N–H and O–H groups in total. The lowest BCUT2D eigenvalue weighted by Gasteiger charge is -2.26. The van der Waals surface area contributed by atoms with Crippen molar-refractivity contribution < 1.29 is 13.2 Å². The fourth-order valence-corrected chi connectivity index (χ4v) is 5.58. The minimum Gasteiger partial charge on any atom is -0.335 e. The van der Waals surface area contributed by atoms with Gasteiger partial charge >= 0.3 is 6.03 Å². The number of urea groups is 1. The quantitative estimate of drug-likeness (QED) is 0.399. The van der Waals surface area contributed by atoms with E-state index in [9.17, 15) is 13.2 Å². The summed E-state index contributed by atoms with van der Waals surface area (Å²) in [6, 6.07) is 26.8. The molecule has 0 heterocycles. The Kier molecular flexibility index (Phi) is 8.85. The second kappa shape index (κ2) is 11.8. The number of benzene rings is 3. The number of rotatable bonds is 10. The summed E-state index contributed by atoms with van der Waals surface area (Å²) in [7, 11) is -3.46. The molecule has 34 heavy (non-hydrogen) atoms. The van der Waals surface area contributed by atoms with Crippen molar-refractivity contribution in [3.63, 3.8) is 0 Å². The smallest absolute Gasteiger partial charge is 0.315 e. The molecule has 3 aromatic rings. The van der Waals surface area contributed by atoms with E-state index in [2.05, 4.69) is 39.6 Å². The van der Waals surface area contributed by atoms with E-state index in [1.54, 1.807) is 26.0 Å². The van der Waals surface area contributed by atoms with Crippen LogP contribution in [0.2, 0.25) is 0 Å². The Morgan fingerprint density at radius 1 is 0.765 bits per heavy atom. The first-order valence-electron chi connectivity index (χ1n) is 11.5. The van der Waals surface area contributed by atoms with Crippen LogP contribution in [0.5, 0.6) is 0 Å². The van der Waals surface area contributed by atoms with E-state index in [1.165, 1.54) is 0 Å². The third-order valence-electron chi connectivity index (χ3n) is 5.49. The highest BCUT2D eigenvalue weighted by molar-refractivity contribution is 7.88. The Bertz CT molecular complexity index is 1130. The summed E-state index contributed by atoms with van der Waals surface area (Å²) in [6.07, 6.45) is 0. The summed E-state index contributed by atoms with van der Waals surface area (Å²) in [5.74, 6) is -0.141. The lowest BCUT2D eigenvalue weighted by molar-refractivity contribution is 0.236. The van der Waals surface area contributed by atoms with Gasteiger partial charge in [0.1, 0.15) is 0 Å². The molecule has 0 aliphatic rings. The van der Waals surface area contributed by atoms with Crippen LogP contribution in [0, 0.1) is 0 Å². The van der Waals surface area contributed by atoms with Gasteiger partial charge in [-0.15, -0.1) is 0 Å². The molecule has 1 atom stereocenters. The molecule has 0 fully saturated rings. The van der Waals surface area contributed by atoms with Gasteiger partial charge in [0.25, 0.3) is 0 Å². The molecule has 0 aliphatic carbocycles. The highest BCUT2D eigenvalue weighted by Gasteiger charge is 2.23. The third-order valence-corrected chi connectivity index (χ3v) is 7.02. The minimum absolute atomic E-state index is 0.00677. The van der Waals surface area contributed by atoms with E-state index >= 15 is 0 Å². The molecular formula is C27H33N3O3S. The van der Waals surface area contributed by atoms with Crippen LogP contribution >= 0.6 is 0 Å². The SMILES string of the molecule is CC(C)NS(=O)(=O)Cc1ccccc1CNC(=O)NC(C)C(c1ccccc1)c1ccccc1. The second-order valence-electron chi connectivity index (χ2n) is 8.72. The van der Waals surface area contributed by atoms with Crippen LogP contribution in [-0.4, -0.2) is 26.5 Å². The van der Waals surface area contributed by atoms with Crippen molar-refractivity contribution in [2.45, 2.75) is 51.1 Å². The number of sulfonamides is 1. The molecule has 180 valence electrons. The molecule has 1 unspecified atom stereocenters. The van der Waals surface area contributed by atoms with Gasteiger partial charge in [-0.05, 0) is 43.0 Å². The largest absolute Gasteiger partial charge is 0.335 e. The van der Waals surface area contributed by atoms with Crippen LogP contribution in [-0.2, 0) is 22.3 Å². The maximum atomic E-state index is 12.8. The lowest BCUT2D eigenvalue weighted by atomic mass is 9.86. The first-order chi connectivity index (χ1) is 16.2. The van der Waals surface area contributed by atoms with E-state index in [0.29, 0.717) is 5.56 Å². The predicted octanol–water partition coefficient (Wildman–Crippen LogP) is 4.53. The van der Waals surface area contributed by atoms with Crippen LogP contribution in [0.4, 0.5) is 4.79 Å². The number of nitrogens with one attached hydrogen (secondary N) is 3. The molecule has 0 radical (unpaired) electrons. The maximum Gasteiger partial charge on any atom is 0.315 e. The Morgan fingerprint density at radius 3 is 1.79 bits per heavy atom. The third kappa shape index (κ3) is 7.43. The summed E-state index contributed by atoms with van der Waals surface area (Å²) in [4.78, 5) is 12.8. The van der Waals surface area contributed by atoms with E-state index in [1.807, 2.05) is 55.5 Å². The van der Waals surface area contributed by atoms with E-state index in [0.717, 1.165) is 16.7 Å². The van der Waals surface area contributed by atoms with E-state index in [-0.39, 0.29) is 36.3 Å². The zero-order valence-electron chi connectivity index (χ0n) is 19.9. The maximum absolute atomic E-state index is 12.8. The molecule has 0 spiro atoms. The number of hydrogen-bond acceptors (Lipinski definition) is 3. The molecule has 6 nitrogen and oxygen atoms in total. The molecule has 7 heteroatoms. The summed E-state index contributed by atoms with van der Waals surface area (Å²) in [5, 5.41) is 5.95. The molecule has 0 bridgehead atoms. The van der Waals surface area contributed by atoms with Crippen LogP contribution in [0.25, 0.3) is 0 Å². The van der Waals surface area contributed by atoms with Crippen LogP contribution < -0.4 is 15.4 Å². The van der Waals surface area contributed by atoms with E-state index in [4.69, 9.17) is 0 Å². The van der Waals surface area contributed by atoms with Gasteiger partial charge in [-0.1, -0.05) is 84.9 Å². The van der Waals surface area contributed by atoms with Gasteiger partial charge < -0.3 is 10.6 Å². The Hall–Kier alpha value is -3.16.